The van der Waals surface area contributed by atoms with Gasteiger partial charge in [0.1, 0.15) is 38.9 Å². The summed E-state index contributed by atoms with van der Waals surface area (Å²) in [7, 11) is -15.4. The van der Waals surface area contributed by atoms with Gasteiger partial charge in [0.25, 0.3) is 0 Å². The third kappa shape index (κ3) is 13.9. The summed E-state index contributed by atoms with van der Waals surface area (Å²) in [6.45, 7) is -6.29. The van der Waals surface area contributed by atoms with Crippen molar-refractivity contribution < 1.29 is 103 Å². The number of hydrogen-bond donors (Lipinski definition) is 7. The van der Waals surface area contributed by atoms with E-state index in [0.29, 0.717) is 0 Å². The van der Waals surface area contributed by atoms with E-state index in [0.717, 1.165) is 0 Å². The van der Waals surface area contributed by atoms with E-state index in [-0.39, 0.29) is 25.4 Å². The van der Waals surface area contributed by atoms with Gasteiger partial charge in [-0.05, 0) is 25.2 Å². The Morgan fingerprint density at radius 2 is 1.28 bits per heavy atom. The molecule has 7 N–H and O–H groups in total. The lowest BCUT2D eigenvalue weighted by atomic mass is 9.96. The molecule has 0 bridgehead atoms. The van der Waals surface area contributed by atoms with E-state index in [9.17, 15) is 47.3 Å². The van der Waals surface area contributed by atoms with Crippen molar-refractivity contribution in [1.82, 2.24) is 0 Å². The maximum absolute atomic E-state index is 13.4. The highest BCUT2D eigenvalue weighted by Gasteiger charge is 2.45. The molecule has 2 radical (unpaired) electrons. The second kappa shape index (κ2) is 16.5. The molecule has 3 aliphatic rings. The minimum Gasteiger partial charge on any atom is -0.390 e. The zero-order chi connectivity index (χ0) is 34.7. The van der Waals surface area contributed by atoms with E-state index in [1.165, 1.54) is 0 Å². The maximum atomic E-state index is 13.4. The normalized spacial score (nSPS) is 37.4. The highest BCUT2D eigenvalue weighted by Crippen LogP contribution is 2.66. The molecular weight excluding hydrogens is 757 g/mol. The summed E-state index contributed by atoms with van der Waals surface area (Å²) in [4.78, 5) is 57.1. The second-order valence-electron chi connectivity index (χ2n) is 10.1. The molecule has 0 amide bonds. The Bertz CT molecular complexity index is 1280. The van der Waals surface area contributed by atoms with E-state index in [1.807, 2.05) is 0 Å². The van der Waals surface area contributed by atoms with Crippen LogP contribution in [0.5, 0.6) is 0 Å². The van der Waals surface area contributed by atoms with E-state index in [4.69, 9.17) is 54.5 Å². The predicted molar refractivity (Wildman–Crippen MR) is 151 cm³/mol. The Hall–Kier alpha value is 0.885. The van der Waals surface area contributed by atoms with Gasteiger partial charge in [0.05, 0.1) is 44.2 Å². The van der Waals surface area contributed by atoms with Crippen molar-refractivity contribution in [3.8, 4) is 0 Å². The van der Waals surface area contributed by atoms with Crippen LogP contribution in [0, 0.1) is 0 Å². The summed E-state index contributed by atoms with van der Waals surface area (Å²) in [5.41, 5.74) is 0. The average Bonchev–Trinajstić information content (AvgIpc) is 3.52. The molecule has 29 heteroatoms. The summed E-state index contributed by atoms with van der Waals surface area (Å²) < 4.78 is 110. The lowest BCUT2D eigenvalue weighted by Gasteiger charge is -2.25. The smallest absolute Gasteiger partial charge is 0.390 e. The highest BCUT2D eigenvalue weighted by molar-refractivity contribution is 8.08. The van der Waals surface area contributed by atoms with Crippen LogP contribution in [0.4, 0.5) is 4.39 Å². The van der Waals surface area contributed by atoms with E-state index in [1.54, 1.807) is 6.92 Å². The lowest BCUT2D eigenvalue weighted by Crippen LogP contribution is -2.31. The lowest BCUT2D eigenvalue weighted by molar-refractivity contribution is -0.0433. The van der Waals surface area contributed by atoms with Crippen LogP contribution in [0.3, 0.4) is 0 Å². The Morgan fingerprint density at radius 1 is 0.761 bits per heavy atom. The van der Waals surface area contributed by atoms with Crippen molar-refractivity contribution in [2.24, 2.45) is 0 Å². The number of aliphatic hydroxyl groups excluding tert-OH is 1. The number of ether oxygens (including phenoxy) is 3. The Kier molecular flexibility index (Phi) is 14.8. The first-order valence-corrected chi connectivity index (χ1v) is 21.6. The first kappa shape index (κ1) is 41.3. The minimum atomic E-state index is -5.61. The number of halogens is 1. The Balaban J connectivity index is 1.54. The van der Waals surface area contributed by atoms with Gasteiger partial charge in [-0.3, -0.25) is 18.1 Å². The van der Waals surface area contributed by atoms with Crippen molar-refractivity contribution in [1.29, 1.82) is 0 Å². The monoisotopic (exact) mass is 790 g/mol. The van der Waals surface area contributed by atoms with Crippen LogP contribution in [0.1, 0.15) is 26.2 Å². The van der Waals surface area contributed by atoms with Crippen LogP contribution >= 0.6 is 38.0 Å². The molecule has 0 aromatic rings. The largest absolute Gasteiger partial charge is 0.488 e. The first-order valence-electron chi connectivity index (χ1n) is 13.0. The van der Waals surface area contributed by atoms with Crippen molar-refractivity contribution >= 4 is 57.7 Å². The predicted octanol–water partition coefficient (Wildman–Crippen LogP) is 0.399. The molecule has 4 unspecified atom stereocenters. The van der Waals surface area contributed by atoms with Gasteiger partial charge >= 0.3 is 38.0 Å². The van der Waals surface area contributed by atoms with Crippen LogP contribution in [0.25, 0.3) is 0 Å². The molecule has 3 fully saturated rings. The zero-order valence-corrected chi connectivity index (χ0v) is 28.9. The first-order chi connectivity index (χ1) is 21.0. The SMILES string of the molecule is [B][C@H]1C[C@H](OP(=O)(O)OC[C@H]2O[C@@H](CF)C[C@@H]2OP(=O)(O)OC[C@H]2O[C@@H](C)C[C@@H]2O)[C@@H](COP(O)(=S)OP(=O)(O)OP(=O)(O)O)O1. The van der Waals surface area contributed by atoms with Gasteiger partial charge in [-0.15, -0.1) is 0 Å². The third-order valence-electron chi connectivity index (χ3n) is 6.25. The molecule has 0 aromatic heterocycles. The van der Waals surface area contributed by atoms with Crippen molar-refractivity contribution in [3.05, 3.63) is 0 Å². The quantitative estimate of drug-likeness (QED) is 0.0730. The van der Waals surface area contributed by atoms with Gasteiger partial charge in [-0.1, -0.05) is 0 Å². The molecule has 3 aliphatic heterocycles. The summed E-state index contributed by atoms with van der Waals surface area (Å²) >= 11 is 4.50. The van der Waals surface area contributed by atoms with Gasteiger partial charge in [0.2, 0.25) is 0 Å². The summed E-state index contributed by atoms with van der Waals surface area (Å²) in [5, 5.41) is 9.92. The van der Waals surface area contributed by atoms with Gasteiger partial charge in [0.15, 0.2) is 0 Å². The van der Waals surface area contributed by atoms with Gasteiger partial charge < -0.3 is 53.2 Å². The minimum absolute atomic E-state index is 0.268. The van der Waals surface area contributed by atoms with Crippen molar-refractivity contribution in [2.45, 2.75) is 81.0 Å². The fourth-order valence-electron chi connectivity index (χ4n) is 4.46. The van der Waals surface area contributed by atoms with Crippen LogP contribution in [0.15, 0.2) is 0 Å². The van der Waals surface area contributed by atoms with Crippen molar-refractivity contribution in [2.75, 3.05) is 26.5 Å². The van der Waals surface area contributed by atoms with E-state index >= 15 is 0 Å². The fourth-order valence-corrected chi connectivity index (χ4v) is 10.4. The number of phosphoric ester groups is 2. The van der Waals surface area contributed by atoms with E-state index < -0.39 is 113 Å². The summed E-state index contributed by atoms with van der Waals surface area (Å²) in [5.74, 6) is 0. The van der Waals surface area contributed by atoms with Gasteiger partial charge in [-0.2, -0.15) is 4.31 Å². The molecule has 0 spiro atoms. The molecule has 13 atom stereocenters. The van der Waals surface area contributed by atoms with Gasteiger partial charge in [-0.25, -0.2) is 27.0 Å². The van der Waals surface area contributed by atoms with Crippen LogP contribution in [-0.2, 0) is 75.5 Å². The van der Waals surface area contributed by atoms with Crippen molar-refractivity contribution in [3.63, 3.8) is 0 Å². The van der Waals surface area contributed by atoms with Crippen LogP contribution < -0.4 is 0 Å². The fraction of sp³-hybridized carbons (Fsp3) is 1.00. The zero-order valence-electron chi connectivity index (χ0n) is 23.6. The van der Waals surface area contributed by atoms with E-state index in [2.05, 4.69) is 20.4 Å². The summed E-state index contributed by atoms with van der Waals surface area (Å²) in [6, 6.07) is -1.13. The Morgan fingerprint density at radius 3 is 1.80 bits per heavy atom. The molecule has 0 saturated carbocycles. The van der Waals surface area contributed by atoms with Crippen LogP contribution in [0.2, 0.25) is 0 Å². The maximum Gasteiger partial charge on any atom is 0.488 e. The molecule has 21 nitrogen and oxygen atoms in total. The topological polar surface area (TPSA) is 302 Å². The molecule has 0 aliphatic carbocycles. The molecule has 3 heterocycles. The number of aliphatic hydroxyl groups is 1. The molecule has 3 rings (SSSR count). The molecule has 0 aromatic carbocycles. The summed E-state index contributed by atoms with van der Waals surface area (Å²) in [6.07, 6.45) is -9.08. The number of phosphoric acid groups is 4. The van der Waals surface area contributed by atoms with Crippen LogP contribution in [-0.4, -0.2) is 124 Å². The number of alkyl halides is 1. The average molecular weight is 790 g/mol. The molecule has 46 heavy (non-hydrogen) atoms. The standard InChI is InChI=1S/C17H33BFO21P5S/c1-9-2-11(20)14(34-9)6-31-42(24,25)37-12-3-10(5-19)35-15(12)7-32-43(26,27)38-13-4-17(18)36-16(13)8-33-45(30,46)40-44(28,29)39-41(21,22)23/h9-17,20H,2-8H2,1H3,(H,24,25)(H,26,27)(H,28,29)(H,30,46)(H2,21,22,23)/t9-,10+,11-,12-,13-,14+,15+,16+,17+,45?/m0/s1. The molecule has 3 saturated heterocycles. The van der Waals surface area contributed by atoms with Gasteiger partial charge in [0, 0.05) is 18.8 Å². The number of rotatable bonds is 18. The molecular formula is C17H33BFO21P5S. The third-order valence-corrected chi connectivity index (χ3v) is 13.0. The Labute approximate surface area is 267 Å². The number of hydrogen-bond acceptors (Lipinski definition) is 16. The second-order valence-corrected chi connectivity index (χ2v) is 18.7. The molecule has 268 valence electrons. The highest BCUT2D eigenvalue weighted by atomic mass is 32.5.